The topological polar surface area (TPSA) is 90.8 Å². The van der Waals surface area contributed by atoms with Gasteiger partial charge in [-0.25, -0.2) is 4.79 Å². The number of nitrogens with zero attached hydrogens (tertiary/aromatic N) is 2. The minimum atomic E-state index is -4.62. The van der Waals surface area contributed by atoms with E-state index in [0.717, 1.165) is 12.1 Å². The number of hydrogen-bond donors (Lipinski definition) is 1. The zero-order valence-electron chi connectivity index (χ0n) is 13.1. The van der Waals surface area contributed by atoms with Crippen molar-refractivity contribution < 1.29 is 37.3 Å². The van der Waals surface area contributed by atoms with Gasteiger partial charge in [-0.15, -0.1) is 0 Å². The molecular formula is C15H13F3N2O5. The number of carbonyl (C=O) groups is 1. The molecule has 1 atom stereocenters. The molecular weight excluding hydrogens is 345 g/mol. The van der Waals surface area contributed by atoms with Gasteiger partial charge in [0.05, 0.1) is 25.8 Å². The van der Waals surface area contributed by atoms with Crippen LogP contribution in [0.5, 0.6) is 17.8 Å². The SMILES string of the molecule is COc1cc(OC)nc(OC(C(=O)O)c2cccc(C(F)(F)F)c2)n1. The van der Waals surface area contributed by atoms with Crippen molar-refractivity contribution in [2.45, 2.75) is 12.3 Å². The van der Waals surface area contributed by atoms with E-state index in [-0.39, 0.29) is 17.3 Å². The number of hydrogen-bond acceptors (Lipinski definition) is 6. The summed E-state index contributed by atoms with van der Waals surface area (Å²) in [7, 11) is 2.63. The van der Waals surface area contributed by atoms with Gasteiger partial charge in [-0.1, -0.05) is 12.1 Å². The van der Waals surface area contributed by atoms with E-state index in [9.17, 15) is 23.1 Å². The smallest absolute Gasteiger partial charge is 0.416 e. The molecule has 1 N–H and O–H groups in total. The van der Waals surface area contributed by atoms with Crippen LogP contribution >= 0.6 is 0 Å². The molecule has 0 saturated carbocycles. The molecule has 1 aromatic heterocycles. The van der Waals surface area contributed by atoms with Crippen molar-refractivity contribution in [1.29, 1.82) is 0 Å². The Hall–Kier alpha value is -3.04. The molecule has 0 bridgehead atoms. The van der Waals surface area contributed by atoms with E-state index in [2.05, 4.69) is 9.97 Å². The normalized spacial score (nSPS) is 12.4. The first-order valence-corrected chi connectivity index (χ1v) is 6.78. The van der Waals surface area contributed by atoms with Gasteiger partial charge in [0.25, 0.3) is 0 Å². The molecule has 0 amide bonds. The van der Waals surface area contributed by atoms with Crippen molar-refractivity contribution in [2.75, 3.05) is 14.2 Å². The van der Waals surface area contributed by atoms with Crippen molar-refractivity contribution in [3.63, 3.8) is 0 Å². The van der Waals surface area contributed by atoms with E-state index in [1.54, 1.807) is 0 Å². The summed E-state index contributed by atoms with van der Waals surface area (Å²) >= 11 is 0. The van der Waals surface area contributed by atoms with E-state index in [0.29, 0.717) is 6.07 Å². The predicted molar refractivity (Wildman–Crippen MR) is 77.6 cm³/mol. The first-order chi connectivity index (χ1) is 11.7. The number of methoxy groups -OCH3 is 2. The highest BCUT2D eigenvalue weighted by atomic mass is 19.4. The lowest BCUT2D eigenvalue weighted by Crippen LogP contribution is -2.20. The van der Waals surface area contributed by atoms with E-state index in [1.165, 1.54) is 26.4 Å². The molecule has 2 aromatic rings. The number of carboxylic acid groups (broad SMARTS) is 1. The van der Waals surface area contributed by atoms with Crippen LogP contribution in [0.25, 0.3) is 0 Å². The number of aromatic nitrogens is 2. The fourth-order valence-electron chi connectivity index (χ4n) is 1.89. The summed E-state index contributed by atoms with van der Waals surface area (Å²) in [6.07, 6.45) is -6.37. The van der Waals surface area contributed by atoms with Crippen molar-refractivity contribution >= 4 is 5.97 Å². The zero-order chi connectivity index (χ0) is 18.6. The summed E-state index contributed by atoms with van der Waals surface area (Å²) in [4.78, 5) is 19.0. The van der Waals surface area contributed by atoms with Gasteiger partial charge >= 0.3 is 18.2 Å². The molecule has 1 aromatic carbocycles. The highest BCUT2D eigenvalue weighted by Gasteiger charge is 2.32. The van der Waals surface area contributed by atoms with Crippen LogP contribution in [-0.4, -0.2) is 35.3 Å². The monoisotopic (exact) mass is 358 g/mol. The Labute approximate surface area is 140 Å². The largest absolute Gasteiger partial charge is 0.481 e. The third-order valence-electron chi connectivity index (χ3n) is 3.04. The Morgan fingerprint density at radius 1 is 1.12 bits per heavy atom. The first kappa shape index (κ1) is 18.3. The van der Waals surface area contributed by atoms with Gasteiger partial charge in [0, 0.05) is 5.56 Å². The molecule has 7 nitrogen and oxygen atoms in total. The highest BCUT2D eigenvalue weighted by molar-refractivity contribution is 5.74. The maximum Gasteiger partial charge on any atom is 0.416 e. The molecule has 2 rings (SSSR count). The zero-order valence-corrected chi connectivity index (χ0v) is 13.1. The van der Waals surface area contributed by atoms with E-state index in [4.69, 9.17) is 14.2 Å². The van der Waals surface area contributed by atoms with Gasteiger partial charge in [0.2, 0.25) is 17.9 Å². The molecule has 0 aliphatic rings. The molecule has 0 saturated heterocycles. The number of ether oxygens (including phenoxy) is 3. The molecule has 25 heavy (non-hydrogen) atoms. The summed E-state index contributed by atoms with van der Waals surface area (Å²) in [5, 5.41) is 9.31. The molecule has 0 fully saturated rings. The van der Waals surface area contributed by atoms with Gasteiger partial charge < -0.3 is 19.3 Å². The van der Waals surface area contributed by atoms with Crippen LogP contribution in [0.2, 0.25) is 0 Å². The quantitative estimate of drug-likeness (QED) is 0.849. The highest BCUT2D eigenvalue weighted by Crippen LogP contribution is 2.32. The maximum absolute atomic E-state index is 12.8. The van der Waals surface area contributed by atoms with Crippen LogP contribution in [0.4, 0.5) is 13.2 Å². The molecule has 134 valence electrons. The Balaban J connectivity index is 2.39. The van der Waals surface area contributed by atoms with Gasteiger partial charge in [-0.05, 0) is 12.1 Å². The molecule has 1 heterocycles. The third-order valence-corrected chi connectivity index (χ3v) is 3.04. The van der Waals surface area contributed by atoms with E-state index < -0.39 is 29.8 Å². The van der Waals surface area contributed by atoms with Crippen LogP contribution in [0.3, 0.4) is 0 Å². The molecule has 0 radical (unpaired) electrons. The van der Waals surface area contributed by atoms with Crippen LogP contribution in [-0.2, 0) is 11.0 Å². The molecule has 0 spiro atoms. The van der Waals surface area contributed by atoms with Gasteiger partial charge in [-0.2, -0.15) is 23.1 Å². The number of benzene rings is 1. The van der Waals surface area contributed by atoms with E-state index >= 15 is 0 Å². The average Bonchev–Trinajstić information content (AvgIpc) is 2.58. The number of alkyl halides is 3. The first-order valence-electron chi connectivity index (χ1n) is 6.78. The van der Waals surface area contributed by atoms with Crippen molar-refractivity contribution in [2.24, 2.45) is 0 Å². The van der Waals surface area contributed by atoms with Crippen molar-refractivity contribution in [3.8, 4) is 17.8 Å². The van der Waals surface area contributed by atoms with Crippen LogP contribution in [0, 0.1) is 0 Å². The minimum absolute atomic E-state index is 0.0371. The Morgan fingerprint density at radius 2 is 1.72 bits per heavy atom. The fourth-order valence-corrected chi connectivity index (χ4v) is 1.89. The van der Waals surface area contributed by atoms with Gasteiger partial charge in [0.15, 0.2) is 0 Å². The standard InChI is InChI=1S/C15H13F3N2O5/c1-23-10-7-11(24-2)20-14(19-10)25-12(13(21)22)8-4-3-5-9(6-8)15(16,17)18/h3-7,12H,1-2H3,(H,21,22). The Morgan fingerprint density at radius 3 is 2.20 bits per heavy atom. The number of halogens is 3. The average molecular weight is 358 g/mol. The number of aliphatic carboxylic acids is 1. The summed E-state index contributed by atoms with van der Waals surface area (Å²) in [6.45, 7) is 0. The molecule has 0 aliphatic carbocycles. The summed E-state index contributed by atoms with van der Waals surface area (Å²) < 4.78 is 53.4. The summed E-state index contributed by atoms with van der Waals surface area (Å²) in [5.74, 6) is -1.44. The molecule has 10 heteroatoms. The number of carboxylic acids is 1. The summed E-state index contributed by atoms with van der Waals surface area (Å²) in [5.41, 5.74) is -1.21. The van der Waals surface area contributed by atoms with Crippen LogP contribution in [0.15, 0.2) is 30.3 Å². The Bertz CT molecular complexity index is 745. The Kier molecular flexibility index (Phi) is 5.30. The lowest BCUT2D eigenvalue weighted by Gasteiger charge is -2.16. The predicted octanol–water partition coefficient (Wildman–Crippen LogP) is 2.72. The maximum atomic E-state index is 12.8. The second-order valence-electron chi connectivity index (χ2n) is 4.69. The van der Waals surface area contributed by atoms with E-state index in [1.807, 2.05) is 0 Å². The second-order valence-corrected chi connectivity index (χ2v) is 4.69. The van der Waals surface area contributed by atoms with Crippen molar-refractivity contribution in [1.82, 2.24) is 9.97 Å². The second kappa shape index (κ2) is 7.24. The van der Waals surface area contributed by atoms with Crippen LogP contribution < -0.4 is 14.2 Å². The fraction of sp³-hybridized carbons (Fsp3) is 0.267. The summed E-state index contributed by atoms with van der Waals surface area (Å²) in [6, 6.07) is 4.72. The van der Waals surface area contributed by atoms with Crippen molar-refractivity contribution in [3.05, 3.63) is 41.5 Å². The minimum Gasteiger partial charge on any atom is -0.481 e. The molecule has 1 unspecified atom stereocenters. The van der Waals surface area contributed by atoms with Gasteiger partial charge in [-0.3, -0.25) is 0 Å². The van der Waals surface area contributed by atoms with Crippen LogP contribution in [0.1, 0.15) is 17.2 Å². The lowest BCUT2D eigenvalue weighted by molar-refractivity contribution is -0.146. The third kappa shape index (κ3) is 4.49. The molecule has 0 aliphatic heterocycles. The number of rotatable bonds is 6. The van der Waals surface area contributed by atoms with Gasteiger partial charge in [0.1, 0.15) is 0 Å². The lowest BCUT2D eigenvalue weighted by atomic mass is 10.1.